The van der Waals surface area contributed by atoms with Gasteiger partial charge < -0.3 is 5.32 Å². The van der Waals surface area contributed by atoms with Crippen LogP contribution in [0.1, 0.15) is 47.0 Å². The summed E-state index contributed by atoms with van der Waals surface area (Å²) >= 11 is 5.79. The predicted molar refractivity (Wildman–Crippen MR) is 68.6 cm³/mol. The summed E-state index contributed by atoms with van der Waals surface area (Å²) in [6.07, 6.45) is 3.36. The first-order chi connectivity index (χ1) is 7.38. The lowest BCUT2D eigenvalue weighted by Gasteiger charge is -2.28. The molecule has 0 saturated heterocycles. The van der Waals surface area contributed by atoms with Crippen molar-refractivity contribution in [3.8, 4) is 0 Å². The van der Waals surface area contributed by atoms with Gasteiger partial charge >= 0.3 is 0 Å². The van der Waals surface area contributed by atoms with E-state index in [9.17, 15) is 4.79 Å². The van der Waals surface area contributed by atoms with Gasteiger partial charge in [0.25, 0.3) is 0 Å². The van der Waals surface area contributed by atoms with Crippen molar-refractivity contribution in [1.29, 1.82) is 0 Å². The van der Waals surface area contributed by atoms with Crippen LogP contribution in [-0.4, -0.2) is 17.8 Å². The molecule has 0 radical (unpaired) electrons. The third kappa shape index (κ3) is 3.13. The van der Waals surface area contributed by atoms with Crippen LogP contribution in [0.5, 0.6) is 0 Å². The van der Waals surface area contributed by atoms with E-state index in [0.717, 1.165) is 12.8 Å². The van der Waals surface area contributed by atoms with E-state index >= 15 is 0 Å². The molecule has 0 spiro atoms. The fourth-order valence-corrected chi connectivity index (χ4v) is 2.68. The van der Waals surface area contributed by atoms with Crippen molar-refractivity contribution in [2.75, 3.05) is 5.88 Å². The molecule has 0 aromatic heterocycles. The van der Waals surface area contributed by atoms with E-state index in [2.05, 4.69) is 26.1 Å². The highest BCUT2D eigenvalue weighted by molar-refractivity contribution is 6.18. The number of carbonyl (C=O) groups is 1. The van der Waals surface area contributed by atoms with Crippen molar-refractivity contribution in [2.24, 2.45) is 17.3 Å². The molecule has 16 heavy (non-hydrogen) atoms. The predicted octanol–water partition coefficient (Wildman–Crippen LogP) is 3.19. The number of nitrogens with one attached hydrogen (secondary N) is 1. The zero-order chi connectivity index (χ0) is 12.3. The van der Waals surface area contributed by atoms with E-state index in [4.69, 9.17) is 11.6 Å². The van der Waals surface area contributed by atoms with Gasteiger partial charge in [0.15, 0.2) is 0 Å². The van der Waals surface area contributed by atoms with Crippen LogP contribution in [0.2, 0.25) is 0 Å². The van der Waals surface area contributed by atoms with Crippen molar-refractivity contribution in [1.82, 2.24) is 5.32 Å². The number of carbonyl (C=O) groups excluding carboxylic acids is 1. The second-order valence-corrected chi connectivity index (χ2v) is 6.17. The van der Waals surface area contributed by atoms with Crippen LogP contribution in [-0.2, 0) is 4.79 Å². The lowest BCUT2D eigenvalue weighted by Crippen LogP contribution is -2.43. The van der Waals surface area contributed by atoms with Gasteiger partial charge in [-0.1, -0.05) is 27.2 Å². The molecule has 1 aliphatic carbocycles. The second-order valence-electron chi connectivity index (χ2n) is 5.86. The Bertz CT molecular complexity index is 252. The minimum Gasteiger partial charge on any atom is -0.353 e. The van der Waals surface area contributed by atoms with Crippen LogP contribution in [0.25, 0.3) is 0 Å². The molecule has 0 aromatic rings. The number of hydrogen-bond donors (Lipinski definition) is 1. The van der Waals surface area contributed by atoms with E-state index in [1.54, 1.807) is 0 Å². The molecular weight excluding hydrogens is 222 g/mol. The van der Waals surface area contributed by atoms with Gasteiger partial charge in [0, 0.05) is 17.8 Å². The minimum absolute atomic E-state index is 0.161. The topological polar surface area (TPSA) is 29.1 Å². The zero-order valence-corrected chi connectivity index (χ0v) is 11.6. The summed E-state index contributed by atoms with van der Waals surface area (Å²) in [6.45, 7) is 8.49. The Hall–Kier alpha value is -0.240. The number of rotatable bonds is 4. The van der Waals surface area contributed by atoms with Crippen LogP contribution in [0.3, 0.4) is 0 Å². The summed E-state index contributed by atoms with van der Waals surface area (Å²) in [7, 11) is 0. The van der Waals surface area contributed by atoms with Crippen molar-refractivity contribution in [3.63, 3.8) is 0 Å². The Morgan fingerprint density at radius 2 is 2.12 bits per heavy atom. The maximum absolute atomic E-state index is 12.1. The standard InChI is InChI=1S/C13H24ClNO/c1-9(8-14)10(2)15-12(16)11-6-5-7-13(11,3)4/h9-11H,5-8H2,1-4H3,(H,15,16). The van der Waals surface area contributed by atoms with Gasteiger partial charge in [-0.3, -0.25) is 4.79 Å². The molecule has 3 atom stereocenters. The Balaban J connectivity index is 2.52. The molecule has 0 bridgehead atoms. The number of alkyl halides is 1. The molecule has 1 fully saturated rings. The van der Waals surface area contributed by atoms with Crippen molar-refractivity contribution >= 4 is 17.5 Å². The number of halogens is 1. The Morgan fingerprint density at radius 1 is 1.50 bits per heavy atom. The van der Waals surface area contributed by atoms with Gasteiger partial charge in [-0.2, -0.15) is 0 Å². The highest BCUT2D eigenvalue weighted by atomic mass is 35.5. The SMILES string of the molecule is CC(CCl)C(C)NC(=O)C1CCCC1(C)C. The summed E-state index contributed by atoms with van der Waals surface area (Å²) in [5, 5.41) is 3.10. The van der Waals surface area contributed by atoms with E-state index in [-0.39, 0.29) is 23.3 Å². The minimum atomic E-state index is 0.161. The summed E-state index contributed by atoms with van der Waals surface area (Å²) in [5.41, 5.74) is 0.161. The maximum atomic E-state index is 12.1. The highest BCUT2D eigenvalue weighted by Crippen LogP contribution is 2.42. The van der Waals surface area contributed by atoms with Gasteiger partial charge in [-0.25, -0.2) is 0 Å². The van der Waals surface area contributed by atoms with Gasteiger partial charge in [0.2, 0.25) is 5.91 Å². The highest BCUT2D eigenvalue weighted by Gasteiger charge is 2.39. The third-order valence-corrected chi connectivity index (χ3v) is 4.53. The molecular formula is C13H24ClNO. The van der Waals surface area contributed by atoms with Crippen molar-refractivity contribution in [2.45, 2.75) is 53.0 Å². The van der Waals surface area contributed by atoms with Crippen LogP contribution >= 0.6 is 11.6 Å². The molecule has 1 amide bonds. The smallest absolute Gasteiger partial charge is 0.223 e. The Labute approximate surface area is 104 Å². The third-order valence-electron chi connectivity index (χ3n) is 4.04. The van der Waals surface area contributed by atoms with Crippen LogP contribution in [0.4, 0.5) is 0 Å². The van der Waals surface area contributed by atoms with Crippen LogP contribution in [0.15, 0.2) is 0 Å². The summed E-state index contributed by atoms with van der Waals surface area (Å²) < 4.78 is 0. The van der Waals surface area contributed by atoms with E-state index in [1.165, 1.54) is 6.42 Å². The summed E-state index contributed by atoms with van der Waals surface area (Å²) in [4.78, 5) is 12.1. The van der Waals surface area contributed by atoms with E-state index < -0.39 is 0 Å². The van der Waals surface area contributed by atoms with Crippen LogP contribution in [0, 0.1) is 17.3 Å². The molecule has 0 heterocycles. The van der Waals surface area contributed by atoms with E-state index in [0.29, 0.717) is 11.8 Å². The van der Waals surface area contributed by atoms with Crippen LogP contribution < -0.4 is 5.32 Å². The number of amides is 1. The monoisotopic (exact) mass is 245 g/mol. The normalized spacial score (nSPS) is 27.4. The first-order valence-corrected chi connectivity index (χ1v) is 6.78. The molecule has 0 aliphatic heterocycles. The Kier molecular flexibility index (Phi) is 4.66. The average molecular weight is 246 g/mol. The molecule has 0 aromatic carbocycles. The molecule has 94 valence electrons. The fraction of sp³-hybridized carbons (Fsp3) is 0.923. The molecule has 1 saturated carbocycles. The summed E-state index contributed by atoms with van der Waals surface area (Å²) in [6, 6.07) is 0.168. The van der Waals surface area contributed by atoms with E-state index in [1.807, 2.05) is 6.92 Å². The Morgan fingerprint density at radius 3 is 2.56 bits per heavy atom. The van der Waals surface area contributed by atoms with Crippen molar-refractivity contribution in [3.05, 3.63) is 0 Å². The molecule has 2 nitrogen and oxygen atoms in total. The largest absolute Gasteiger partial charge is 0.353 e. The lowest BCUT2D eigenvalue weighted by molar-refractivity contribution is -0.128. The van der Waals surface area contributed by atoms with Gasteiger partial charge in [0.1, 0.15) is 0 Å². The van der Waals surface area contributed by atoms with Gasteiger partial charge in [-0.15, -0.1) is 11.6 Å². The quantitative estimate of drug-likeness (QED) is 0.758. The molecule has 3 heteroatoms. The molecule has 1 rings (SSSR count). The second kappa shape index (κ2) is 5.39. The first kappa shape index (κ1) is 13.8. The summed E-state index contributed by atoms with van der Waals surface area (Å²) in [5.74, 6) is 1.31. The zero-order valence-electron chi connectivity index (χ0n) is 10.8. The molecule has 3 unspecified atom stereocenters. The average Bonchev–Trinajstić information content (AvgIpc) is 2.56. The fourth-order valence-electron chi connectivity index (χ4n) is 2.41. The van der Waals surface area contributed by atoms with Crippen molar-refractivity contribution < 1.29 is 4.79 Å². The lowest BCUT2D eigenvalue weighted by atomic mass is 9.81. The molecule has 1 aliphatic rings. The van der Waals surface area contributed by atoms with Gasteiger partial charge in [0.05, 0.1) is 0 Å². The number of hydrogen-bond acceptors (Lipinski definition) is 1. The maximum Gasteiger partial charge on any atom is 0.223 e. The molecule has 1 N–H and O–H groups in total. The van der Waals surface area contributed by atoms with Gasteiger partial charge in [-0.05, 0) is 31.1 Å². The first-order valence-electron chi connectivity index (χ1n) is 6.25.